The molecule has 2 aliphatic rings. The average molecular weight is 398 g/mol. The molecule has 1 N–H and O–H groups in total. The van der Waals surface area contributed by atoms with E-state index in [1.165, 1.54) is 11.3 Å². The van der Waals surface area contributed by atoms with Crippen LogP contribution in [0.2, 0.25) is 0 Å². The fraction of sp³-hybridized carbons (Fsp3) is 0.545. The standard InChI is InChI=1S/C22H31N5O2/c1-3-26(4-2)18-7-5-17(6-8-18)15-25-10-9-19-20(16-25)23-22(24-21(19)28)27-11-13-29-14-12-27/h5-8H,3-4,9-16H2,1-2H3,(H,23,24,28). The molecule has 4 rings (SSSR count). The van der Waals surface area contributed by atoms with Gasteiger partial charge in [0.05, 0.1) is 18.9 Å². The van der Waals surface area contributed by atoms with Gasteiger partial charge >= 0.3 is 0 Å². The first-order valence-corrected chi connectivity index (χ1v) is 10.7. The molecule has 29 heavy (non-hydrogen) atoms. The van der Waals surface area contributed by atoms with Crippen LogP contribution in [-0.2, 0) is 24.2 Å². The highest BCUT2D eigenvalue weighted by Crippen LogP contribution is 2.21. The van der Waals surface area contributed by atoms with Crippen LogP contribution < -0.4 is 15.4 Å². The second-order valence-electron chi connectivity index (χ2n) is 7.71. The van der Waals surface area contributed by atoms with E-state index < -0.39 is 0 Å². The monoisotopic (exact) mass is 397 g/mol. The summed E-state index contributed by atoms with van der Waals surface area (Å²) in [4.78, 5) is 27.2. The van der Waals surface area contributed by atoms with Gasteiger partial charge in [-0.25, -0.2) is 4.98 Å². The quantitative estimate of drug-likeness (QED) is 0.805. The van der Waals surface area contributed by atoms with Gasteiger partial charge in [-0.05, 0) is 38.0 Å². The summed E-state index contributed by atoms with van der Waals surface area (Å²) in [6.45, 7) is 11.8. The van der Waals surface area contributed by atoms with E-state index in [-0.39, 0.29) is 5.56 Å². The molecule has 0 saturated carbocycles. The number of H-pyrrole nitrogens is 1. The van der Waals surface area contributed by atoms with E-state index in [0.717, 1.165) is 56.9 Å². The zero-order valence-electron chi connectivity index (χ0n) is 17.5. The minimum Gasteiger partial charge on any atom is -0.378 e. The van der Waals surface area contributed by atoms with Crippen LogP contribution in [0.4, 0.5) is 11.6 Å². The van der Waals surface area contributed by atoms with Crippen molar-refractivity contribution >= 4 is 11.6 Å². The van der Waals surface area contributed by atoms with Crippen molar-refractivity contribution in [2.24, 2.45) is 0 Å². The fourth-order valence-corrected chi connectivity index (χ4v) is 4.20. The first-order chi connectivity index (χ1) is 14.2. The lowest BCUT2D eigenvalue weighted by Crippen LogP contribution is -2.40. The van der Waals surface area contributed by atoms with Gasteiger partial charge in [-0.2, -0.15) is 0 Å². The first-order valence-electron chi connectivity index (χ1n) is 10.7. The smallest absolute Gasteiger partial charge is 0.255 e. The molecule has 1 aromatic carbocycles. The minimum atomic E-state index is 0.0136. The Balaban J connectivity index is 1.46. The highest BCUT2D eigenvalue weighted by Gasteiger charge is 2.23. The summed E-state index contributed by atoms with van der Waals surface area (Å²) in [7, 11) is 0. The van der Waals surface area contributed by atoms with Crippen LogP contribution in [0, 0.1) is 0 Å². The highest BCUT2D eigenvalue weighted by molar-refractivity contribution is 5.47. The Morgan fingerprint density at radius 1 is 1.10 bits per heavy atom. The number of fused-ring (bicyclic) bond motifs is 1. The van der Waals surface area contributed by atoms with Gasteiger partial charge in [-0.15, -0.1) is 0 Å². The molecule has 156 valence electrons. The Labute approximate surface area is 172 Å². The Morgan fingerprint density at radius 2 is 1.83 bits per heavy atom. The van der Waals surface area contributed by atoms with E-state index in [9.17, 15) is 4.79 Å². The second kappa shape index (κ2) is 8.97. The van der Waals surface area contributed by atoms with Crippen LogP contribution >= 0.6 is 0 Å². The van der Waals surface area contributed by atoms with E-state index in [2.05, 4.69) is 57.8 Å². The number of hydrogen-bond donors (Lipinski definition) is 1. The lowest BCUT2D eigenvalue weighted by molar-refractivity contribution is 0.122. The third kappa shape index (κ3) is 4.46. The molecule has 7 nitrogen and oxygen atoms in total. The molecule has 0 unspecified atom stereocenters. The zero-order chi connectivity index (χ0) is 20.2. The summed E-state index contributed by atoms with van der Waals surface area (Å²) < 4.78 is 5.41. The van der Waals surface area contributed by atoms with Gasteiger partial charge in [0.2, 0.25) is 5.95 Å². The second-order valence-corrected chi connectivity index (χ2v) is 7.71. The first kappa shape index (κ1) is 19.9. The Morgan fingerprint density at radius 3 is 2.52 bits per heavy atom. The van der Waals surface area contributed by atoms with E-state index in [4.69, 9.17) is 9.72 Å². The molecule has 1 saturated heterocycles. The molecule has 3 heterocycles. The molecule has 7 heteroatoms. The number of aromatic nitrogens is 2. The maximum absolute atomic E-state index is 12.6. The SMILES string of the molecule is CCN(CC)c1ccc(CN2CCc3c(nc(N4CCOCC4)[nH]c3=O)C2)cc1. The Bertz CT molecular complexity index is 870. The number of hydrogen-bond acceptors (Lipinski definition) is 6. The van der Waals surface area contributed by atoms with E-state index in [0.29, 0.717) is 25.7 Å². The number of morpholine rings is 1. The van der Waals surface area contributed by atoms with Gasteiger partial charge in [0.1, 0.15) is 0 Å². The molecule has 2 aliphatic heterocycles. The van der Waals surface area contributed by atoms with Crippen molar-refractivity contribution < 1.29 is 4.74 Å². The molecule has 0 aliphatic carbocycles. The highest BCUT2D eigenvalue weighted by atomic mass is 16.5. The predicted molar refractivity (Wildman–Crippen MR) is 116 cm³/mol. The maximum Gasteiger partial charge on any atom is 0.255 e. The molecular weight excluding hydrogens is 366 g/mol. The largest absolute Gasteiger partial charge is 0.378 e. The zero-order valence-corrected chi connectivity index (χ0v) is 17.5. The van der Waals surface area contributed by atoms with Gasteiger partial charge in [0.25, 0.3) is 5.56 Å². The van der Waals surface area contributed by atoms with Crippen LogP contribution in [0.25, 0.3) is 0 Å². The van der Waals surface area contributed by atoms with Crippen LogP contribution in [0.15, 0.2) is 29.1 Å². The van der Waals surface area contributed by atoms with Crippen molar-refractivity contribution in [1.82, 2.24) is 14.9 Å². The summed E-state index contributed by atoms with van der Waals surface area (Å²) in [5.41, 5.74) is 4.34. The molecule has 0 bridgehead atoms. The van der Waals surface area contributed by atoms with E-state index >= 15 is 0 Å². The molecule has 0 radical (unpaired) electrons. The number of rotatable bonds is 6. The average Bonchev–Trinajstić information content (AvgIpc) is 2.76. The summed E-state index contributed by atoms with van der Waals surface area (Å²) in [6.07, 6.45) is 0.749. The number of anilines is 2. The molecule has 0 amide bonds. The lowest BCUT2D eigenvalue weighted by atomic mass is 10.1. The summed E-state index contributed by atoms with van der Waals surface area (Å²) >= 11 is 0. The predicted octanol–water partition coefficient (Wildman–Crippen LogP) is 2.01. The number of benzene rings is 1. The summed E-state index contributed by atoms with van der Waals surface area (Å²) in [5, 5.41) is 0. The van der Waals surface area contributed by atoms with Crippen molar-refractivity contribution in [3.63, 3.8) is 0 Å². The number of nitrogens with zero attached hydrogens (tertiary/aromatic N) is 4. The van der Waals surface area contributed by atoms with Crippen LogP contribution in [0.1, 0.15) is 30.7 Å². The molecule has 2 aromatic rings. The molecular formula is C22H31N5O2. The normalized spacial score (nSPS) is 17.2. The van der Waals surface area contributed by atoms with Gasteiger partial charge in [0.15, 0.2) is 0 Å². The lowest BCUT2D eigenvalue weighted by Gasteiger charge is -2.31. The van der Waals surface area contributed by atoms with Gasteiger partial charge < -0.3 is 14.5 Å². The third-order valence-corrected chi connectivity index (χ3v) is 5.92. The summed E-state index contributed by atoms with van der Waals surface area (Å²) in [5.74, 6) is 0.683. The summed E-state index contributed by atoms with van der Waals surface area (Å²) in [6, 6.07) is 8.85. The Kier molecular flexibility index (Phi) is 6.16. The molecule has 1 fully saturated rings. The maximum atomic E-state index is 12.6. The van der Waals surface area contributed by atoms with Gasteiger partial charge in [0, 0.05) is 57.1 Å². The van der Waals surface area contributed by atoms with Crippen molar-refractivity contribution in [3.05, 3.63) is 51.4 Å². The van der Waals surface area contributed by atoms with Gasteiger partial charge in [-0.1, -0.05) is 12.1 Å². The molecule has 1 aromatic heterocycles. The fourth-order valence-electron chi connectivity index (χ4n) is 4.20. The minimum absolute atomic E-state index is 0.0136. The topological polar surface area (TPSA) is 64.7 Å². The molecule has 0 atom stereocenters. The number of nitrogens with one attached hydrogen (secondary N) is 1. The third-order valence-electron chi connectivity index (χ3n) is 5.92. The van der Waals surface area contributed by atoms with Gasteiger partial charge in [-0.3, -0.25) is 14.7 Å². The van der Waals surface area contributed by atoms with Crippen LogP contribution in [0.3, 0.4) is 0 Å². The van der Waals surface area contributed by atoms with E-state index in [1.54, 1.807) is 0 Å². The van der Waals surface area contributed by atoms with Crippen molar-refractivity contribution in [2.45, 2.75) is 33.4 Å². The number of ether oxygens (including phenoxy) is 1. The number of aromatic amines is 1. The van der Waals surface area contributed by atoms with Crippen molar-refractivity contribution in [2.75, 3.05) is 55.7 Å². The van der Waals surface area contributed by atoms with Crippen LogP contribution in [0.5, 0.6) is 0 Å². The molecule has 0 spiro atoms. The van der Waals surface area contributed by atoms with Crippen molar-refractivity contribution in [3.8, 4) is 0 Å². The van der Waals surface area contributed by atoms with Crippen LogP contribution in [-0.4, -0.2) is 60.8 Å². The van der Waals surface area contributed by atoms with Crippen molar-refractivity contribution in [1.29, 1.82) is 0 Å². The van der Waals surface area contributed by atoms with E-state index in [1.807, 2.05) is 0 Å². The Hall–Kier alpha value is -2.38.